The molecule has 2 amide bonds. The van der Waals surface area contributed by atoms with E-state index in [0.29, 0.717) is 49.0 Å². The minimum absolute atomic E-state index is 0.0210. The number of hydrogen-bond donors (Lipinski definition) is 1. The predicted molar refractivity (Wildman–Crippen MR) is 129 cm³/mol. The second-order valence-corrected chi connectivity index (χ2v) is 9.11. The Bertz CT molecular complexity index is 991. The summed E-state index contributed by atoms with van der Waals surface area (Å²) in [6.07, 6.45) is 1.61. The Balaban J connectivity index is 1.27. The number of hydrogen-bond acceptors (Lipinski definition) is 5. The molecule has 1 N–H and O–H groups in total. The Kier molecular flexibility index (Phi) is 8.03. The maximum atomic E-state index is 14.1. The summed E-state index contributed by atoms with van der Waals surface area (Å²) in [5, 5.41) is 3.37. The molecular formula is C25H30ClFN4O3. The smallest absolute Gasteiger partial charge is 0.241 e. The van der Waals surface area contributed by atoms with Gasteiger partial charge in [-0.25, -0.2) is 4.39 Å². The maximum absolute atomic E-state index is 14.1. The van der Waals surface area contributed by atoms with Crippen molar-refractivity contribution in [2.45, 2.75) is 25.4 Å². The molecule has 2 aromatic rings. The minimum atomic E-state index is -0.324. The summed E-state index contributed by atoms with van der Waals surface area (Å²) in [6, 6.07) is 11.6. The third kappa shape index (κ3) is 5.87. The summed E-state index contributed by atoms with van der Waals surface area (Å²) in [5.74, 6) is 0.344. The first-order chi connectivity index (χ1) is 16.4. The molecule has 2 heterocycles. The number of benzene rings is 2. The first-order valence-corrected chi connectivity index (χ1v) is 11.9. The van der Waals surface area contributed by atoms with E-state index in [1.165, 1.54) is 6.07 Å². The van der Waals surface area contributed by atoms with Crippen LogP contribution in [0.3, 0.4) is 0 Å². The van der Waals surface area contributed by atoms with E-state index in [1.807, 2.05) is 9.80 Å². The van der Waals surface area contributed by atoms with Crippen molar-refractivity contribution in [3.05, 3.63) is 58.9 Å². The van der Waals surface area contributed by atoms with Gasteiger partial charge in [-0.3, -0.25) is 19.4 Å². The average molecular weight is 489 g/mol. The van der Waals surface area contributed by atoms with Crippen molar-refractivity contribution < 1.29 is 18.7 Å². The molecule has 2 aliphatic heterocycles. The van der Waals surface area contributed by atoms with E-state index in [9.17, 15) is 14.0 Å². The van der Waals surface area contributed by atoms with Crippen molar-refractivity contribution in [3.63, 3.8) is 0 Å². The zero-order chi connectivity index (χ0) is 24.1. The molecule has 2 fully saturated rings. The molecule has 0 saturated carbocycles. The Hall–Kier alpha value is -2.68. The molecule has 0 aliphatic carbocycles. The van der Waals surface area contributed by atoms with Crippen molar-refractivity contribution in [1.29, 1.82) is 0 Å². The number of piperazine rings is 1. The topological polar surface area (TPSA) is 65.1 Å². The van der Waals surface area contributed by atoms with Gasteiger partial charge in [0.2, 0.25) is 11.8 Å². The predicted octanol–water partition coefficient (Wildman–Crippen LogP) is 3.24. The van der Waals surface area contributed by atoms with Gasteiger partial charge in [-0.1, -0.05) is 17.7 Å². The molecule has 1 unspecified atom stereocenters. The van der Waals surface area contributed by atoms with E-state index in [2.05, 4.69) is 10.2 Å². The van der Waals surface area contributed by atoms with E-state index in [1.54, 1.807) is 43.5 Å². The fourth-order valence-corrected chi connectivity index (χ4v) is 4.77. The van der Waals surface area contributed by atoms with Gasteiger partial charge in [0.1, 0.15) is 11.6 Å². The van der Waals surface area contributed by atoms with Crippen LogP contribution in [-0.4, -0.2) is 78.9 Å². The Morgan fingerprint density at radius 1 is 1.09 bits per heavy atom. The summed E-state index contributed by atoms with van der Waals surface area (Å²) >= 11 is 6.15. The number of halogens is 2. The lowest BCUT2D eigenvalue weighted by atomic mass is 10.1. The Morgan fingerprint density at radius 2 is 1.82 bits per heavy atom. The number of amides is 2. The molecule has 4 rings (SSSR count). The highest BCUT2D eigenvalue weighted by molar-refractivity contribution is 6.31. The van der Waals surface area contributed by atoms with Crippen LogP contribution in [-0.2, 0) is 16.1 Å². The van der Waals surface area contributed by atoms with Gasteiger partial charge in [-0.05, 0) is 55.8 Å². The lowest BCUT2D eigenvalue weighted by Crippen LogP contribution is -2.52. The van der Waals surface area contributed by atoms with Crippen molar-refractivity contribution in [3.8, 4) is 5.75 Å². The first kappa shape index (κ1) is 24.4. The molecule has 0 bridgehead atoms. The monoisotopic (exact) mass is 488 g/mol. The van der Waals surface area contributed by atoms with Crippen LogP contribution in [0.25, 0.3) is 0 Å². The van der Waals surface area contributed by atoms with Crippen molar-refractivity contribution in [1.82, 2.24) is 14.7 Å². The summed E-state index contributed by atoms with van der Waals surface area (Å²) in [6.45, 7) is 3.81. The van der Waals surface area contributed by atoms with Crippen LogP contribution in [0.4, 0.5) is 10.1 Å². The largest absolute Gasteiger partial charge is 0.497 e. The summed E-state index contributed by atoms with van der Waals surface area (Å²) in [5.41, 5.74) is 1.20. The molecule has 2 saturated heterocycles. The maximum Gasteiger partial charge on any atom is 0.241 e. The number of carbonyl (C=O) groups is 2. The standard InChI is InChI=1S/C25H30ClFN4O3/c1-34-19-9-7-18(8-10-19)28-25(33)23-6-3-11-31(23)17-24(32)30-14-12-29(13-15-30)16-20-21(26)4-2-5-22(20)27/h2,4-5,7-10,23H,3,6,11-17H2,1H3,(H,28,33). The van der Waals surface area contributed by atoms with Gasteiger partial charge >= 0.3 is 0 Å². The molecule has 0 aromatic heterocycles. The van der Waals surface area contributed by atoms with E-state index in [4.69, 9.17) is 16.3 Å². The Labute approximate surface area is 204 Å². The van der Waals surface area contributed by atoms with Crippen LogP contribution in [0.2, 0.25) is 5.02 Å². The number of nitrogens with zero attached hydrogens (tertiary/aromatic N) is 3. The zero-order valence-electron chi connectivity index (χ0n) is 19.3. The molecule has 1 atom stereocenters. The van der Waals surface area contributed by atoms with E-state index < -0.39 is 0 Å². The van der Waals surface area contributed by atoms with Gasteiger partial charge in [0.15, 0.2) is 0 Å². The zero-order valence-corrected chi connectivity index (χ0v) is 20.1. The second kappa shape index (κ2) is 11.2. The highest BCUT2D eigenvalue weighted by Gasteiger charge is 2.33. The van der Waals surface area contributed by atoms with Gasteiger partial charge in [0, 0.05) is 49.0 Å². The van der Waals surface area contributed by atoms with Crippen LogP contribution in [0.15, 0.2) is 42.5 Å². The molecule has 7 nitrogen and oxygen atoms in total. The van der Waals surface area contributed by atoms with Crippen molar-refractivity contribution in [2.24, 2.45) is 0 Å². The number of methoxy groups -OCH3 is 1. The molecule has 0 radical (unpaired) electrons. The number of rotatable bonds is 7. The molecule has 2 aromatic carbocycles. The fourth-order valence-electron chi connectivity index (χ4n) is 4.55. The van der Waals surface area contributed by atoms with Crippen LogP contribution in [0.1, 0.15) is 18.4 Å². The van der Waals surface area contributed by atoms with E-state index >= 15 is 0 Å². The van der Waals surface area contributed by atoms with Gasteiger partial charge in [0.25, 0.3) is 0 Å². The minimum Gasteiger partial charge on any atom is -0.497 e. The fraction of sp³-hybridized carbons (Fsp3) is 0.440. The van der Waals surface area contributed by atoms with Crippen LogP contribution in [0.5, 0.6) is 5.75 Å². The number of nitrogens with one attached hydrogen (secondary N) is 1. The average Bonchev–Trinajstić information content (AvgIpc) is 3.30. The lowest BCUT2D eigenvalue weighted by Gasteiger charge is -2.36. The third-order valence-corrected chi connectivity index (χ3v) is 6.88. The SMILES string of the molecule is COc1ccc(NC(=O)C2CCCN2CC(=O)N2CCN(Cc3c(F)cccc3Cl)CC2)cc1. The van der Waals surface area contributed by atoms with Gasteiger partial charge in [0.05, 0.1) is 19.7 Å². The number of likely N-dealkylation sites (tertiary alicyclic amines) is 1. The van der Waals surface area contributed by atoms with Gasteiger partial charge in [-0.2, -0.15) is 0 Å². The van der Waals surface area contributed by atoms with Gasteiger partial charge in [-0.15, -0.1) is 0 Å². The molecule has 34 heavy (non-hydrogen) atoms. The molecule has 2 aliphatic rings. The summed E-state index contributed by atoms with van der Waals surface area (Å²) in [7, 11) is 1.60. The number of ether oxygens (including phenoxy) is 1. The third-order valence-electron chi connectivity index (χ3n) is 6.53. The number of anilines is 1. The van der Waals surface area contributed by atoms with Gasteiger partial charge < -0.3 is 15.0 Å². The van der Waals surface area contributed by atoms with E-state index in [-0.39, 0.29) is 30.2 Å². The molecule has 9 heteroatoms. The van der Waals surface area contributed by atoms with Crippen LogP contribution in [0, 0.1) is 5.82 Å². The van der Waals surface area contributed by atoms with Crippen LogP contribution >= 0.6 is 11.6 Å². The van der Waals surface area contributed by atoms with Crippen molar-refractivity contribution in [2.75, 3.05) is 51.7 Å². The first-order valence-electron chi connectivity index (χ1n) is 11.6. The molecule has 0 spiro atoms. The Morgan fingerprint density at radius 3 is 2.50 bits per heavy atom. The number of carbonyl (C=O) groups excluding carboxylic acids is 2. The van der Waals surface area contributed by atoms with Crippen molar-refractivity contribution >= 4 is 29.1 Å². The highest BCUT2D eigenvalue weighted by atomic mass is 35.5. The quantitative estimate of drug-likeness (QED) is 0.648. The molecular weight excluding hydrogens is 459 g/mol. The normalized spacial score (nSPS) is 19.3. The summed E-state index contributed by atoms with van der Waals surface area (Å²) < 4.78 is 19.2. The van der Waals surface area contributed by atoms with E-state index in [0.717, 1.165) is 25.1 Å². The van der Waals surface area contributed by atoms with Crippen LogP contribution < -0.4 is 10.1 Å². The second-order valence-electron chi connectivity index (χ2n) is 8.70. The lowest BCUT2D eigenvalue weighted by molar-refractivity contribution is -0.135. The highest BCUT2D eigenvalue weighted by Crippen LogP contribution is 2.23. The summed E-state index contributed by atoms with van der Waals surface area (Å²) in [4.78, 5) is 31.7. The molecule has 182 valence electrons.